The number of nitrogens with one attached hydrogen (secondary N) is 1. The minimum absolute atomic E-state index is 0.0823. The molecule has 0 aliphatic heterocycles. The van der Waals surface area contributed by atoms with Crippen molar-refractivity contribution in [1.29, 1.82) is 0 Å². The summed E-state index contributed by atoms with van der Waals surface area (Å²) in [5.74, 6) is -0.0823. The van der Waals surface area contributed by atoms with Crippen LogP contribution in [0.3, 0.4) is 0 Å². The van der Waals surface area contributed by atoms with E-state index in [1.807, 2.05) is 7.05 Å². The SMILES string of the molecule is CN(CC(=O)Nc1ccc(Cl)cc1Cl)C1CCc2ccccc21. The number of carbonyl (C=O) groups excluding carboxylic acids is 1. The van der Waals surface area contributed by atoms with Crippen LogP contribution in [-0.2, 0) is 11.2 Å². The molecule has 1 unspecified atom stereocenters. The molecule has 3 rings (SSSR count). The Morgan fingerprint density at radius 1 is 1.26 bits per heavy atom. The van der Waals surface area contributed by atoms with E-state index in [4.69, 9.17) is 23.2 Å². The average Bonchev–Trinajstić information content (AvgIpc) is 2.94. The van der Waals surface area contributed by atoms with Crippen molar-refractivity contribution >= 4 is 34.8 Å². The predicted molar refractivity (Wildman–Crippen MR) is 95.2 cm³/mol. The first-order valence-electron chi connectivity index (χ1n) is 7.57. The molecule has 0 saturated heterocycles. The number of anilines is 1. The number of benzene rings is 2. The van der Waals surface area contributed by atoms with Crippen molar-refractivity contribution in [2.45, 2.75) is 18.9 Å². The first kappa shape index (κ1) is 16.3. The molecule has 1 aliphatic carbocycles. The van der Waals surface area contributed by atoms with Crippen LogP contribution in [0, 0.1) is 0 Å². The number of carbonyl (C=O) groups is 1. The Kier molecular flexibility index (Phi) is 4.90. The lowest BCUT2D eigenvalue weighted by Gasteiger charge is -2.24. The quantitative estimate of drug-likeness (QED) is 0.878. The molecular weight excluding hydrogens is 331 g/mol. The second-order valence-electron chi connectivity index (χ2n) is 5.84. The van der Waals surface area contributed by atoms with Gasteiger partial charge in [-0.3, -0.25) is 9.69 Å². The zero-order valence-electron chi connectivity index (χ0n) is 12.9. The summed E-state index contributed by atoms with van der Waals surface area (Å²) in [7, 11) is 1.98. The summed E-state index contributed by atoms with van der Waals surface area (Å²) >= 11 is 12.0. The van der Waals surface area contributed by atoms with Crippen molar-refractivity contribution in [3.63, 3.8) is 0 Å². The van der Waals surface area contributed by atoms with Gasteiger partial charge in [0.1, 0.15) is 0 Å². The fraction of sp³-hybridized carbons (Fsp3) is 0.278. The summed E-state index contributed by atoms with van der Waals surface area (Å²) < 4.78 is 0. The largest absolute Gasteiger partial charge is 0.324 e. The van der Waals surface area contributed by atoms with Crippen molar-refractivity contribution in [1.82, 2.24) is 4.90 Å². The molecule has 0 spiro atoms. The van der Waals surface area contributed by atoms with Crippen LogP contribution in [0.5, 0.6) is 0 Å². The van der Waals surface area contributed by atoms with Gasteiger partial charge in [-0.05, 0) is 49.2 Å². The maximum Gasteiger partial charge on any atom is 0.238 e. The molecule has 23 heavy (non-hydrogen) atoms. The molecule has 1 N–H and O–H groups in total. The highest BCUT2D eigenvalue weighted by Crippen LogP contribution is 2.34. The molecule has 1 atom stereocenters. The van der Waals surface area contributed by atoms with Gasteiger partial charge in [-0.2, -0.15) is 0 Å². The van der Waals surface area contributed by atoms with Crippen molar-refractivity contribution in [2.75, 3.05) is 18.9 Å². The molecule has 1 aliphatic rings. The number of aryl methyl sites for hydroxylation is 1. The van der Waals surface area contributed by atoms with E-state index in [-0.39, 0.29) is 11.9 Å². The van der Waals surface area contributed by atoms with Gasteiger partial charge in [-0.15, -0.1) is 0 Å². The molecule has 5 heteroatoms. The van der Waals surface area contributed by atoms with Crippen molar-refractivity contribution < 1.29 is 4.79 Å². The van der Waals surface area contributed by atoms with E-state index in [1.165, 1.54) is 11.1 Å². The highest BCUT2D eigenvalue weighted by molar-refractivity contribution is 6.36. The van der Waals surface area contributed by atoms with Gasteiger partial charge in [0, 0.05) is 11.1 Å². The highest BCUT2D eigenvalue weighted by Gasteiger charge is 2.26. The third-order valence-electron chi connectivity index (χ3n) is 4.23. The number of fused-ring (bicyclic) bond motifs is 1. The number of halogens is 2. The maximum absolute atomic E-state index is 12.3. The second-order valence-corrected chi connectivity index (χ2v) is 6.68. The Balaban J connectivity index is 1.64. The van der Waals surface area contributed by atoms with E-state index in [2.05, 4.69) is 34.5 Å². The molecule has 0 aromatic heterocycles. The van der Waals surface area contributed by atoms with E-state index < -0.39 is 0 Å². The molecule has 0 heterocycles. The number of amides is 1. The molecule has 0 saturated carbocycles. The topological polar surface area (TPSA) is 32.3 Å². The number of hydrogen-bond donors (Lipinski definition) is 1. The van der Waals surface area contributed by atoms with Gasteiger partial charge in [0.2, 0.25) is 5.91 Å². The summed E-state index contributed by atoms with van der Waals surface area (Å²) in [6.45, 7) is 0.317. The summed E-state index contributed by atoms with van der Waals surface area (Å²) in [4.78, 5) is 14.4. The van der Waals surface area contributed by atoms with E-state index in [9.17, 15) is 4.79 Å². The summed E-state index contributed by atoms with van der Waals surface area (Å²) in [5, 5.41) is 3.84. The van der Waals surface area contributed by atoms with Crippen LogP contribution in [0.25, 0.3) is 0 Å². The first-order valence-corrected chi connectivity index (χ1v) is 8.33. The molecule has 2 aromatic rings. The standard InChI is InChI=1S/C18H18Cl2N2O/c1-22(17-9-6-12-4-2-3-5-14(12)17)11-18(23)21-16-8-7-13(19)10-15(16)20/h2-5,7-8,10,17H,6,9,11H2,1H3,(H,21,23). The predicted octanol–water partition coefficient (Wildman–Crippen LogP) is 4.55. The van der Waals surface area contributed by atoms with Crippen LogP contribution in [0.4, 0.5) is 5.69 Å². The third-order valence-corrected chi connectivity index (χ3v) is 4.78. The van der Waals surface area contributed by atoms with Gasteiger partial charge < -0.3 is 5.32 Å². The zero-order valence-corrected chi connectivity index (χ0v) is 14.4. The van der Waals surface area contributed by atoms with E-state index in [0.717, 1.165) is 12.8 Å². The number of nitrogens with zero attached hydrogens (tertiary/aromatic N) is 1. The van der Waals surface area contributed by atoms with E-state index >= 15 is 0 Å². The molecule has 2 aromatic carbocycles. The Labute approximate surface area is 146 Å². The Morgan fingerprint density at radius 2 is 2.04 bits per heavy atom. The van der Waals surface area contributed by atoms with E-state index in [1.54, 1.807) is 18.2 Å². The minimum atomic E-state index is -0.0823. The Hall–Kier alpha value is -1.55. The number of hydrogen-bond acceptors (Lipinski definition) is 2. The monoisotopic (exact) mass is 348 g/mol. The molecule has 120 valence electrons. The fourth-order valence-corrected chi connectivity index (χ4v) is 3.57. The van der Waals surface area contributed by atoms with Gasteiger partial charge in [0.05, 0.1) is 17.3 Å². The lowest BCUT2D eigenvalue weighted by molar-refractivity contribution is -0.117. The molecule has 0 bridgehead atoms. The van der Waals surface area contributed by atoms with Crippen LogP contribution >= 0.6 is 23.2 Å². The number of rotatable bonds is 4. The molecular formula is C18H18Cl2N2O. The van der Waals surface area contributed by atoms with Crippen molar-refractivity contribution in [3.8, 4) is 0 Å². The summed E-state index contributed by atoms with van der Waals surface area (Å²) in [5.41, 5.74) is 3.29. The van der Waals surface area contributed by atoms with Gasteiger partial charge in [-0.25, -0.2) is 0 Å². The third kappa shape index (κ3) is 3.69. The van der Waals surface area contributed by atoms with E-state index in [0.29, 0.717) is 22.3 Å². The molecule has 0 fully saturated rings. The Bertz CT molecular complexity index is 733. The number of likely N-dealkylation sites (N-methyl/N-ethyl adjacent to an activating group) is 1. The second kappa shape index (κ2) is 6.91. The Morgan fingerprint density at radius 3 is 2.83 bits per heavy atom. The smallest absolute Gasteiger partial charge is 0.238 e. The first-order chi connectivity index (χ1) is 11.0. The summed E-state index contributed by atoms with van der Waals surface area (Å²) in [6, 6.07) is 13.8. The van der Waals surface area contributed by atoms with Gasteiger partial charge in [-0.1, -0.05) is 47.5 Å². The van der Waals surface area contributed by atoms with Crippen molar-refractivity contribution in [3.05, 3.63) is 63.6 Å². The van der Waals surface area contributed by atoms with Crippen LogP contribution < -0.4 is 5.32 Å². The molecule has 0 radical (unpaired) electrons. The zero-order chi connectivity index (χ0) is 16.4. The van der Waals surface area contributed by atoms with Gasteiger partial charge in [0.15, 0.2) is 0 Å². The van der Waals surface area contributed by atoms with Crippen LogP contribution in [0.1, 0.15) is 23.6 Å². The lowest BCUT2D eigenvalue weighted by atomic mass is 10.1. The van der Waals surface area contributed by atoms with Crippen molar-refractivity contribution in [2.24, 2.45) is 0 Å². The minimum Gasteiger partial charge on any atom is -0.324 e. The fourth-order valence-electron chi connectivity index (χ4n) is 3.11. The maximum atomic E-state index is 12.3. The normalized spacial score (nSPS) is 16.4. The van der Waals surface area contributed by atoms with Crippen LogP contribution in [-0.4, -0.2) is 24.4 Å². The van der Waals surface area contributed by atoms with Crippen LogP contribution in [0.15, 0.2) is 42.5 Å². The lowest BCUT2D eigenvalue weighted by Crippen LogP contribution is -2.32. The highest BCUT2D eigenvalue weighted by atomic mass is 35.5. The summed E-state index contributed by atoms with van der Waals surface area (Å²) in [6.07, 6.45) is 2.11. The molecule has 1 amide bonds. The van der Waals surface area contributed by atoms with Gasteiger partial charge in [0.25, 0.3) is 0 Å². The van der Waals surface area contributed by atoms with Gasteiger partial charge >= 0.3 is 0 Å². The van der Waals surface area contributed by atoms with Crippen LogP contribution in [0.2, 0.25) is 10.0 Å². The average molecular weight is 349 g/mol. The molecule has 3 nitrogen and oxygen atoms in total.